The second-order valence-electron chi connectivity index (χ2n) is 5.86. The third kappa shape index (κ3) is 5.59. The van der Waals surface area contributed by atoms with E-state index in [2.05, 4.69) is 5.32 Å². The van der Waals surface area contributed by atoms with Gasteiger partial charge in [-0.05, 0) is 36.6 Å². The predicted molar refractivity (Wildman–Crippen MR) is 85.8 cm³/mol. The van der Waals surface area contributed by atoms with Crippen molar-refractivity contribution < 1.29 is 14.7 Å². The summed E-state index contributed by atoms with van der Waals surface area (Å²) < 4.78 is 0. The number of nitrogens with one attached hydrogen (secondary N) is 1. The molecule has 0 fully saturated rings. The smallest absolute Gasteiger partial charge is 0.326 e. The molecule has 0 aliphatic carbocycles. The molecular weight excluding hydrogens is 310 g/mol. The highest BCUT2D eigenvalue weighted by atomic mass is 35.5. The van der Waals surface area contributed by atoms with E-state index in [-0.39, 0.29) is 5.91 Å². The standard InChI is InChI=1S/C15H20ClNO3S/c1-9(21-11-7-5-10(16)6-8-11)13(18)17-12(14(19)20)15(2,3)4/h5-9,12H,1-4H3,(H,17,18)(H,19,20)/t9?,12-/m1/s1. The van der Waals surface area contributed by atoms with Gasteiger partial charge in [0.2, 0.25) is 5.91 Å². The molecule has 0 spiro atoms. The van der Waals surface area contributed by atoms with Crippen molar-refractivity contribution >= 4 is 35.2 Å². The zero-order valence-electron chi connectivity index (χ0n) is 12.5. The summed E-state index contributed by atoms with van der Waals surface area (Å²) in [6.07, 6.45) is 0. The van der Waals surface area contributed by atoms with E-state index in [1.165, 1.54) is 11.8 Å². The van der Waals surface area contributed by atoms with Crippen LogP contribution in [0, 0.1) is 5.41 Å². The largest absolute Gasteiger partial charge is 0.480 e. The zero-order valence-corrected chi connectivity index (χ0v) is 14.1. The topological polar surface area (TPSA) is 66.4 Å². The maximum Gasteiger partial charge on any atom is 0.326 e. The van der Waals surface area contributed by atoms with E-state index in [9.17, 15) is 14.7 Å². The van der Waals surface area contributed by atoms with Crippen LogP contribution in [-0.4, -0.2) is 28.3 Å². The van der Waals surface area contributed by atoms with Gasteiger partial charge in [0.15, 0.2) is 0 Å². The molecule has 0 saturated carbocycles. The maximum atomic E-state index is 12.2. The van der Waals surface area contributed by atoms with E-state index in [0.29, 0.717) is 5.02 Å². The molecule has 1 unspecified atom stereocenters. The first kappa shape index (κ1) is 17.9. The fraction of sp³-hybridized carbons (Fsp3) is 0.467. The number of hydrogen-bond acceptors (Lipinski definition) is 3. The van der Waals surface area contributed by atoms with Crippen molar-refractivity contribution in [3.05, 3.63) is 29.3 Å². The summed E-state index contributed by atoms with van der Waals surface area (Å²) in [6, 6.07) is 6.25. The van der Waals surface area contributed by atoms with Crippen LogP contribution in [0.2, 0.25) is 5.02 Å². The lowest BCUT2D eigenvalue weighted by atomic mass is 9.86. The van der Waals surface area contributed by atoms with Gasteiger partial charge in [0, 0.05) is 9.92 Å². The fourth-order valence-corrected chi connectivity index (χ4v) is 2.68. The van der Waals surface area contributed by atoms with Crippen molar-refractivity contribution in [1.29, 1.82) is 0 Å². The molecule has 1 aromatic carbocycles. The van der Waals surface area contributed by atoms with E-state index >= 15 is 0 Å². The van der Waals surface area contributed by atoms with Gasteiger partial charge in [-0.1, -0.05) is 32.4 Å². The Balaban J connectivity index is 2.69. The molecule has 2 atom stereocenters. The first-order valence-corrected chi connectivity index (χ1v) is 7.82. The third-order valence-corrected chi connectivity index (χ3v) is 4.26. The van der Waals surface area contributed by atoms with Gasteiger partial charge in [0.25, 0.3) is 0 Å². The number of rotatable bonds is 5. The number of amides is 1. The van der Waals surface area contributed by atoms with Crippen LogP contribution in [0.5, 0.6) is 0 Å². The lowest BCUT2D eigenvalue weighted by molar-refractivity contribution is -0.144. The molecule has 0 saturated heterocycles. The molecular formula is C15H20ClNO3S. The van der Waals surface area contributed by atoms with E-state index < -0.39 is 22.7 Å². The number of hydrogen-bond donors (Lipinski definition) is 2. The first-order chi connectivity index (χ1) is 9.61. The van der Waals surface area contributed by atoms with Gasteiger partial charge in [-0.25, -0.2) is 4.79 Å². The Bertz CT molecular complexity index is 511. The SMILES string of the molecule is CC(Sc1ccc(Cl)cc1)C(=O)N[C@H](C(=O)O)C(C)(C)C. The number of halogens is 1. The van der Waals surface area contributed by atoms with E-state index in [1.807, 2.05) is 12.1 Å². The summed E-state index contributed by atoms with van der Waals surface area (Å²) in [4.78, 5) is 24.3. The summed E-state index contributed by atoms with van der Waals surface area (Å²) >= 11 is 7.17. The Kier molecular flexibility index (Phi) is 6.10. The van der Waals surface area contributed by atoms with Crippen LogP contribution < -0.4 is 5.32 Å². The second-order valence-corrected chi connectivity index (χ2v) is 7.71. The number of carbonyl (C=O) groups excluding carboxylic acids is 1. The van der Waals surface area contributed by atoms with Crippen LogP contribution in [0.1, 0.15) is 27.7 Å². The van der Waals surface area contributed by atoms with Gasteiger partial charge in [-0.15, -0.1) is 11.8 Å². The summed E-state index contributed by atoms with van der Waals surface area (Å²) in [7, 11) is 0. The predicted octanol–water partition coefficient (Wildman–Crippen LogP) is 3.44. The van der Waals surface area contributed by atoms with Crippen molar-refractivity contribution in [2.24, 2.45) is 5.41 Å². The van der Waals surface area contributed by atoms with Crippen molar-refractivity contribution in [1.82, 2.24) is 5.32 Å². The molecule has 2 N–H and O–H groups in total. The van der Waals surface area contributed by atoms with Crippen molar-refractivity contribution in [2.75, 3.05) is 0 Å². The van der Waals surface area contributed by atoms with Crippen LogP contribution in [-0.2, 0) is 9.59 Å². The number of carboxylic acids is 1. The van der Waals surface area contributed by atoms with E-state index in [0.717, 1.165) is 4.90 Å². The quantitative estimate of drug-likeness (QED) is 0.812. The Morgan fingerprint density at radius 2 is 1.76 bits per heavy atom. The highest BCUT2D eigenvalue weighted by Crippen LogP contribution is 2.26. The number of thioether (sulfide) groups is 1. The van der Waals surface area contributed by atoms with Gasteiger partial charge in [0.1, 0.15) is 6.04 Å². The average molecular weight is 330 g/mol. The third-order valence-electron chi connectivity index (χ3n) is 2.90. The van der Waals surface area contributed by atoms with Crippen LogP contribution in [0.3, 0.4) is 0 Å². The second kappa shape index (κ2) is 7.18. The number of benzene rings is 1. The Morgan fingerprint density at radius 1 is 1.24 bits per heavy atom. The van der Waals surface area contributed by atoms with Gasteiger partial charge in [-0.2, -0.15) is 0 Å². The van der Waals surface area contributed by atoms with Crippen LogP contribution in [0.15, 0.2) is 29.2 Å². The minimum Gasteiger partial charge on any atom is -0.480 e. The normalized spacial score (nSPS) is 14.3. The monoisotopic (exact) mass is 329 g/mol. The number of carboxylic acid groups (broad SMARTS) is 1. The molecule has 1 aromatic rings. The zero-order chi connectivity index (χ0) is 16.2. The minimum atomic E-state index is -1.03. The van der Waals surface area contributed by atoms with Crippen molar-refractivity contribution in [3.63, 3.8) is 0 Å². The van der Waals surface area contributed by atoms with Gasteiger partial charge in [0.05, 0.1) is 5.25 Å². The summed E-state index contributed by atoms with van der Waals surface area (Å²) in [6.45, 7) is 7.09. The van der Waals surface area contributed by atoms with Crippen molar-refractivity contribution in [3.8, 4) is 0 Å². The van der Waals surface area contributed by atoms with Crippen LogP contribution in [0.4, 0.5) is 0 Å². The molecule has 0 aliphatic heterocycles. The maximum absolute atomic E-state index is 12.2. The molecule has 6 heteroatoms. The lowest BCUT2D eigenvalue weighted by Crippen LogP contribution is -2.51. The molecule has 0 radical (unpaired) electrons. The van der Waals surface area contributed by atoms with E-state index in [4.69, 9.17) is 11.6 Å². The molecule has 21 heavy (non-hydrogen) atoms. The van der Waals surface area contributed by atoms with Crippen molar-refractivity contribution in [2.45, 2.75) is 43.9 Å². The highest BCUT2D eigenvalue weighted by Gasteiger charge is 2.33. The molecule has 0 aromatic heterocycles. The number of aliphatic carboxylic acids is 1. The van der Waals surface area contributed by atoms with Gasteiger partial charge < -0.3 is 10.4 Å². The molecule has 0 bridgehead atoms. The summed E-state index contributed by atoms with van der Waals surface area (Å²) in [5.74, 6) is -1.32. The highest BCUT2D eigenvalue weighted by molar-refractivity contribution is 8.00. The van der Waals surface area contributed by atoms with Gasteiger partial charge >= 0.3 is 5.97 Å². The lowest BCUT2D eigenvalue weighted by Gasteiger charge is -2.28. The number of carbonyl (C=O) groups is 2. The van der Waals surface area contributed by atoms with E-state index in [1.54, 1.807) is 39.8 Å². The van der Waals surface area contributed by atoms with Crippen LogP contribution in [0.25, 0.3) is 0 Å². The molecule has 0 heterocycles. The Labute approximate surface area is 134 Å². The molecule has 1 amide bonds. The fourth-order valence-electron chi connectivity index (χ4n) is 1.68. The van der Waals surface area contributed by atoms with Crippen LogP contribution >= 0.6 is 23.4 Å². The first-order valence-electron chi connectivity index (χ1n) is 6.56. The summed E-state index contributed by atoms with van der Waals surface area (Å²) in [5.41, 5.74) is -0.549. The average Bonchev–Trinajstić information content (AvgIpc) is 2.36. The molecule has 116 valence electrons. The molecule has 4 nitrogen and oxygen atoms in total. The molecule has 1 rings (SSSR count). The van der Waals surface area contributed by atoms with Gasteiger partial charge in [-0.3, -0.25) is 4.79 Å². The molecule has 0 aliphatic rings. The Hall–Kier alpha value is -1.20. The Morgan fingerprint density at radius 3 is 2.19 bits per heavy atom. The summed E-state index contributed by atoms with van der Waals surface area (Å²) in [5, 5.41) is 12.1. The minimum absolute atomic E-state index is 0.294.